The maximum absolute atomic E-state index is 11.9. The molecule has 2 aliphatic rings. The molecule has 2 rings (SSSR count). The van der Waals surface area contributed by atoms with Crippen molar-refractivity contribution in [2.24, 2.45) is 11.8 Å². The van der Waals surface area contributed by atoms with Crippen molar-refractivity contribution < 1.29 is 39.8 Å². The highest BCUT2D eigenvalue weighted by molar-refractivity contribution is 5.81. The number of aliphatic hydroxyl groups excluding tert-OH is 4. The van der Waals surface area contributed by atoms with Gasteiger partial charge in [-0.15, -0.1) is 0 Å². The van der Waals surface area contributed by atoms with Crippen LogP contribution < -0.4 is 0 Å². The van der Waals surface area contributed by atoms with E-state index in [9.17, 15) is 25.2 Å². The van der Waals surface area contributed by atoms with Crippen molar-refractivity contribution in [2.75, 3.05) is 13.2 Å². The Morgan fingerprint density at radius 1 is 1.21 bits per heavy atom. The van der Waals surface area contributed by atoms with E-state index in [1.807, 2.05) is 6.92 Å². The van der Waals surface area contributed by atoms with E-state index in [0.717, 1.165) is 0 Å². The van der Waals surface area contributed by atoms with Gasteiger partial charge in [0.05, 0.1) is 18.8 Å². The lowest BCUT2D eigenvalue weighted by Crippen LogP contribution is -2.60. The third-order valence-electron chi connectivity index (χ3n) is 5.21. The molecule has 1 aliphatic carbocycles. The highest BCUT2D eigenvalue weighted by Gasteiger charge is 2.45. The second-order valence-electron chi connectivity index (χ2n) is 7.21. The lowest BCUT2D eigenvalue weighted by molar-refractivity contribution is -0.309. The number of rotatable bonds is 5. The Hall–Kier alpha value is -0.610. The van der Waals surface area contributed by atoms with Crippen LogP contribution in [0.3, 0.4) is 0 Å². The summed E-state index contributed by atoms with van der Waals surface area (Å²) in [5, 5.41) is 49.2. The van der Waals surface area contributed by atoms with Crippen molar-refractivity contribution in [3.63, 3.8) is 0 Å². The van der Waals surface area contributed by atoms with Crippen molar-refractivity contribution in [1.82, 2.24) is 0 Å². The van der Waals surface area contributed by atoms with E-state index >= 15 is 0 Å². The van der Waals surface area contributed by atoms with Gasteiger partial charge in [0.2, 0.25) is 0 Å². The Labute approximate surface area is 141 Å². The largest absolute Gasteiger partial charge is 0.394 e. The topological polar surface area (TPSA) is 137 Å². The van der Waals surface area contributed by atoms with Gasteiger partial charge in [0, 0.05) is 12.3 Å². The molecule has 0 unspecified atom stereocenters. The number of ether oxygens (including phenoxy) is 2. The molecule has 8 heteroatoms. The van der Waals surface area contributed by atoms with E-state index in [1.165, 1.54) is 0 Å². The normalized spacial score (nSPS) is 43.5. The van der Waals surface area contributed by atoms with Crippen molar-refractivity contribution in [2.45, 2.75) is 69.4 Å². The monoisotopic (exact) mass is 348 g/mol. The number of hydrogen-bond donors (Lipinski definition) is 5. The average molecular weight is 348 g/mol. The molecule has 0 amide bonds. The third kappa shape index (κ3) is 4.13. The van der Waals surface area contributed by atoms with Crippen LogP contribution >= 0.6 is 0 Å². The van der Waals surface area contributed by atoms with Crippen LogP contribution in [0.5, 0.6) is 0 Å². The maximum atomic E-state index is 11.9. The first-order valence-corrected chi connectivity index (χ1v) is 8.34. The standard InChI is InChI=1S/C16H28O8/c1-8-3-4-9(5-10(8)18)16(2,22)7-23-15-14(21)13(20)12(19)11(6-17)24-15/h8-9,11-15,17,19-22H,3-7H2,1-2H3/t8-,9-,11+,12+,13-,14+,15+,16+/m0/s1. The fraction of sp³-hybridized carbons (Fsp3) is 0.938. The van der Waals surface area contributed by atoms with Gasteiger partial charge < -0.3 is 35.0 Å². The predicted octanol–water partition coefficient (Wildman–Crippen LogP) is -1.44. The summed E-state index contributed by atoms with van der Waals surface area (Å²) in [6.07, 6.45) is -5.16. The number of aliphatic hydroxyl groups is 5. The highest BCUT2D eigenvalue weighted by Crippen LogP contribution is 2.34. The van der Waals surface area contributed by atoms with E-state index in [1.54, 1.807) is 6.92 Å². The molecule has 8 atom stereocenters. The van der Waals surface area contributed by atoms with Gasteiger partial charge in [0.25, 0.3) is 0 Å². The Bertz CT molecular complexity index is 438. The van der Waals surface area contributed by atoms with Crippen LogP contribution in [-0.2, 0) is 14.3 Å². The summed E-state index contributed by atoms with van der Waals surface area (Å²) in [5.41, 5.74) is -1.30. The molecule has 1 aliphatic heterocycles. The first-order valence-electron chi connectivity index (χ1n) is 8.34. The third-order valence-corrected chi connectivity index (χ3v) is 5.21. The minimum absolute atomic E-state index is 0.00316. The molecular formula is C16H28O8. The molecule has 0 bridgehead atoms. The number of ketones is 1. The van der Waals surface area contributed by atoms with Crippen molar-refractivity contribution >= 4 is 5.78 Å². The molecule has 24 heavy (non-hydrogen) atoms. The smallest absolute Gasteiger partial charge is 0.186 e. The number of carbonyl (C=O) groups excluding carboxylic acids is 1. The zero-order chi connectivity index (χ0) is 18.1. The van der Waals surface area contributed by atoms with Crippen LogP contribution in [-0.4, -0.2) is 80.8 Å². The lowest BCUT2D eigenvalue weighted by atomic mass is 9.74. The van der Waals surface area contributed by atoms with Crippen LogP contribution in [0.4, 0.5) is 0 Å². The first kappa shape index (κ1) is 19.7. The van der Waals surface area contributed by atoms with Gasteiger partial charge in [-0.1, -0.05) is 6.92 Å². The van der Waals surface area contributed by atoms with Crippen molar-refractivity contribution in [3.05, 3.63) is 0 Å². The van der Waals surface area contributed by atoms with E-state index in [2.05, 4.69) is 0 Å². The first-order chi connectivity index (χ1) is 11.2. The van der Waals surface area contributed by atoms with Crippen molar-refractivity contribution in [3.8, 4) is 0 Å². The zero-order valence-corrected chi connectivity index (χ0v) is 14.0. The molecule has 0 aromatic carbocycles. The molecule has 1 heterocycles. The van der Waals surface area contributed by atoms with Gasteiger partial charge in [-0.3, -0.25) is 4.79 Å². The van der Waals surface area contributed by atoms with Crippen LogP contribution in [0.15, 0.2) is 0 Å². The summed E-state index contributed by atoms with van der Waals surface area (Å²) < 4.78 is 10.7. The van der Waals surface area contributed by atoms with E-state index in [0.29, 0.717) is 12.8 Å². The summed E-state index contributed by atoms with van der Waals surface area (Å²) in [6, 6.07) is 0. The van der Waals surface area contributed by atoms with E-state index < -0.39 is 42.9 Å². The summed E-state index contributed by atoms with van der Waals surface area (Å²) >= 11 is 0. The molecule has 0 spiro atoms. The van der Waals surface area contributed by atoms with Gasteiger partial charge in [0.15, 0.2) is 6.29 Å². The van der Waals surface area contributed by atoms with E-state index in [4.69, 9.17) is 14.6 Å². The van der Waals surface area contributed by atoms with Gasteiger partial charge in [-0.25, -0.2) is 0 Å². The second-order valence-corrected chi connectivity index (χ2v) is 7.21. The average Bonchev–Trinajstić information content (AvgIpc) is 2.54. The molecule has 2 fully saturated rings. The highest BCUT2D eigenvalue weighted by atomic mass is 16.7. The molecule has 0 aromatic rings. The summed E-state index contributed by atoms with van der Waals surface area (Å²) in [4.78, 5) is 11.9. The summed E-state index contributed by atoms with van der Waals surface area (Å²) in [5.74, 6) is -0.145. The summed E-state index contributed by atoms with van der Waals surface area (Å²) in [6.45, 7) is 2.68. The van der Waals surface area contributed by atoms with Crippen LogP contribution in [0.1, 0.15) is 33.1 Å². The molecule has 5 N–H and O–H groups in total. The SMILES string of the molecule is C[C@H]1CC[C@H]([C@](C)(O)CO[C@@H]2O[C@H](CO)[C@@H](O)[C@H](O)[C@H]2O)CC1=O. The molecular weight excluding hydrogens is 320 g/mol. The molecule has 0 aromatic heterocycles. The second kappa shape index (κ2) is 7.74. The predicted molar refractivity (Wildman–Crippen MR) is 81.9 cm³/mol. The lowest BCUT2D eigenvalue weighted by Gasteiger charge is -2.42. The molecule has 1 saturated heterocycles. The molecule has 8 nitrogen and oxygen atoms in total. The van der Waals surface area contributed by atoms with E-state index in [-0.39, 0.29) is 30.6 Å². The molecule has 0 radical (unpaired) electrons. The fourth-order valence-electron chi connectivity index (χ4n) is 3.26. The summed E-state index contributed by atoms with van der Waals surface area (Å²) in [7, 11) is 0. The van der Waals surface area contributed by atoms with Gasteiger partial charge in [0.1, 0.15) is 30.2 Å². The number of Topliss-reactive ketones (excluding diaryl/α,β-unsaturated/α-hetero) is 1. The van der Waals surface area contributed by atoms with Gasteiger partial charge >= 0.3 is 0 Å². The zero-order valence-electron chi connectivity index (χ0n) is 14.0. The Balaban J connectivity index is 1.94. The Kier molecular flexibility index (Phi) is 6.35. The van der Waals surface area contributed by atoms with Crippen molar-refractivity contribution in [1.29, 1.82) is 0 Å². The molecule has 1 saturated carbocycles. The number of carbonyl (C=O) groups is 1. The maximum Gasteiger partial charge on any atom is 0.186 e. The minimum Gasteiger partial charge on any atom is -0.394 e. The van der Waals surface area contributed by atoms with Crippen LogP contribution in [0, 0.1) is 11.8 Å². The Morgan fingerprint density at radius 3 is 2.46 bits per heavy atom. The van der Waals surface area contributed by atoms with Gasteiger partial charge in [-0.2, -0.15) is 0 Å². The molecule has 140 valence electrons. The van der Waals surface area contributed by atoms with Crippen LogP contribution in [0.2, 0.25) is 0 Å². The Morgan fingerprint density at radius 2 is 1.88 bits per heavy atom. The van der Waals surface area contributed by atoms with Crippen LogP contribution in [0.25, 0.3) is 0 Å². The minimum atomic E-state index is -1.53. The van der Waals surface area contributed by atoms with Gasteiger partial charge in [-0.05, 0) is 25.7 Å². The number of hydrogen-bond acceptors (Lipinski definition) is 8. The quantitative estimate of drug-likeness (QED) is 0.407. The fourth-order valence-corrected chi connectivity index (χ4v) is 3.26.